The van der Waals surface area contributed by atoms with Gasteiger partial charge in [-0.05, 0) is 12.1 Å². The van der Waals surface area contributed by atoms with E-state index in [-0.39, 0.29) is 18.0 Å². The molecule has 18 heavy (non-hydrogen) atoms. The van der Waals surface area contributed by atoms with E-state index in [1.165, 1.54) is 0 Å². The van der Waals surface area contributed by atoms with Crippen LogP contribution in [-0.2, 0) is 4.79 Å². The monoisotopic (exact) mass is 250 g/mol. The lowest BCUT2D eigenvalue weighted by Crippen LogP contribution is -2.30. The molecule has 1 amide bonds. The first-order valence-corrected chi connectivity index (χ1v) is 5.81. The minimum Gasteiger partial charge on any atom is -0.497 e. The van der Waals surface area contributed by atoms with Crippen molar-refractivity contribution in [3.8, 4) is 11.5 Å². The minimum atomic E-state index is -0.204. The molecule has 1 aromatic rings. The van der Waals surface area contributed by atoms with Crippen molar-refractivity contribution < 1.29 is 14.3 Å². The molecular formula is C13H18N2O3. The van der Waals surface area contributed by atoms with E-state index in [0.29, 0.717) is 12.2 Å². The number of ether oxygens (including phenoxy) is 2. The summed E-state index contributed by atoms with van der Waals surface area (Å²) in [6.07, 6.45) is 0.371. The predicted octanol–water partition coefficient (Wildman–Crippen LogP) is 0.934. The number of carbonyl (C=O) groups is 1. The van der Waals surface area contributed by atoms with Crippen molar-refractivity contribution in [3.63, 3.8) is 0 Å². The van der Waals surface area contributed by atoms with E-state index in [2.05, 4.69) is 0 Å². The topological polar surface area (TPSA) is 64.8 Å². The molecule has 2 N–H and O–H groups in total. The summed E-state index contributed by atoms with van der Waals surface area (Å²) in [4.78, 5) is 13.3. The summed E-state index contributed by atoms with van der Waals surface area (Å²) in [5.74, 6) is 1.47. The van der Waals surface area contributed by atoms with Crippen LogP contribution in [0.2, 0.25) is 0 Å². The first-order valence-electron chi connectivity index (χ1n) is 5.81. The van der Waals surface area contributed by atoms with Crippen LogP contribution in [0.1, 0.15) is 18.0 Å². The van der Waals surface area contributed by atoms with Gasteiger partial charge in [0.25, 0.3) is 0 Å². The molecule has 0 saturated carbocycles. The maximum atomic E-state index is 11.7. The van der Waals surface area contributed by atoms with Gasteiger partial charge >= 0.3 is 0 Å². The second-order valence-electron chi connectivity index (χ2n) is 4.43. The predicted molar refractivity (Wildman–Crippen MR) is 67.6 cm³/mol. The molecule has 0 radical (unpaired) electrons. The summed E-state index contributed by atoms with van der Waals surface area (Å²) in [5, 5.41) is 0. The minimum absolute atomic E-state index is 0.0605. The largest absolute Gasteiger partial charge is 0.497 e. The van der Waals surface area contributed by atoms with E-state index < -0.39 is 0 Å². The van der Waals surface area contributed by atoms with E-state index in [4.69, 9.17) is 15.2 Å². The number of nitrogens with two attached hydrogens (primary N) is 1. The SMILES string of the molecule is COc1ccc(C2C(N)CC(=O)N2C)c(OC)c1. The van der Waals surface area contributed by atoms with Gasteiger partial charge in [-0.1, -0.05) is 0 Å². The fourth-order valence-electron chi connectivity index (χ4n) is 2.40. The van der Waals surface area contributed by atoms with Crippen molar-refractivity contribution in [1.29, 1.82) is 0 Å². The third kappa shape index (κ3) is 2.01. The molecule has 0 spiro atoms. The average molecular weight is 250 g/mol. The van der Waals surface area contributed by atoms with Gasteiger partial charge in [0, 0.05) is 31.1 Å². The Morgan fingerprint density at radius 3 is 2.56 bits per heavy atom. The van der Waals surface area contributed by atoms with Crippen molar-refractivity contribution in [2.24, 2.45) is 5.73 Å². The summed E-state index contributed by atoms with van der Waals surface area (Å²) in [5.41, 5.74) is 6.95. The molecule has 1 aromatic carbocycles. The highest BCUT2D eigenvalue weighted by atomic mass is 16.5. The molecule has 0 bridgehead atoms. The Morgan fingerprint density at radius 2 is 2.06 bits per heavy atom. The quantitative estimate of drug-likeness (QED) is 0.867. The van der Waals surface area contributed by atoms with Gasteiger partial charge < -0.3 is 20.1 Å². The first-order chi connectivity index (χ1) is 8.58. The number of carbonyl (C=O) groups excluding carboxylic acids is 1. The fraction of sp³-hybridized carbons (Fsp3) is 0.462. The lowest BCUT2D eigenvalue weighted by atomic mass is 9.99. The van der Waals surface area contributed by atoms with Gasteiger partial charge in [-0.2, -0.15) is 0 Å². The Morgan fingerprint density at radius 1 is 1.33 bits per heavy atom. The van der Waals surface area contributed by atoms with Gasteiger partial charge in [-0.15, -0.1) is 0 Å². The van der Waals surface area contributed by atoms with Gasteiger partial charge in [0.15, 0.2) is 0 Å². The van der Waals surface area contributed by atoms with Crippen molar-refractivity contribution in [2.45, 2.75) is 18.5 Å². The van der Waals surface area contributed by atoms with Gasteiger partial charge in [0.05, 0.1) is 20.3 Å². The molecule has 1 fully saturated rings. The Kier molecular flexibility index (Phi) is 3.43. The Labute approximate surface area is 106 Å². The summed E-state index contributed by atoms with van der Waals surface area (Å²) in [7, 11) is 4.97. The smallest absolute Gasteiger partial charge is 0.224 e. The van der Waals surface area contributed by atoms with Crippen LogP contribution >= 0.6 is 0 Å². The van der Waals surface area contributed by atoms with Crippen LogP contribution in [0.15, 0.2) is 18.2 Å². The van der Waals surface area contributed by atoms with Crippen LogP contribution in [0, 0.1) is 0 Å². The zero-order chi connectivity index (χ0) is 13.3. The fourth-order valence-corrected chi connectivity index (χ4v) is 2.40. The van der Waals surface area contributed by atoms with E-state index in [1.54, 1.807) is 32.2 Å². The number of likely N-dealkylation sites (N-methyl/N-ethyl adjacent to an activating group) is 1. The molecule has 1 heterocycles. The van der Waals surface area contributed by atoms with Crippen LogP contribution in [0.4, 0.5) is 0 Å². The van der Waals surface area contributed by atoms with Gasteiger partial charge in [-0.25, -0.2) is 0 Å². The standard InChI is InChI=1S/C13H18N2O3/c1-15-12(16)7-10(14)13(15)9-5-4-8(17-2)6-11(9)18-3/h4-6,10,13H,7,14H2,1-3H3. The normalized spacial score (nSPS) is 23.3. The highest BCUT2D eigenvalue weighted by Gasteiger charge is 2.37. The average Bonchev–Trinajstić information content (AvgIpc) is 2.62. The van der Waals surface area contributed by atoms with Crippen LogP contribution in [-0.4, -0.2) is 38.1 Å². The zero-order valence-electron chi connectivity index (χ0n) is 10.8. The molecule has 1 aliphatic rings. The Hall–Kier alpha value is -1.75. The maximum absolute atomic E-state index is 11.7. The van der Waals surface area contributed by atoms with Crippen molar-refractivity contribution in [3.05, 3.63) is 23.8 Å². The van der Waals surface area contributed by atoms with Crippen LogP contribution < -0.4 is 15.2 Å². The summed E-state index contributed by atoms with van der Waals surface area (Å²) < 4.78 is 10.5. The second kappa shape index (κ2) is 4.86. The number of hydrogen-bond acceptors (Lipinski definition) is 4. The van der Waals surface area contributed by atoms with Gasteiger partial charge in [0.2, 0.25) is 5.91 Å². The number of hydrogen-bond donors (Lipinski definition) is 1. The van der Waals surface area contributed by atoms with Crippen molar-refractivity contribution in [1.82, 2.24) is 4.90 Å². The number of benzene rings is 1. The van der Waals surface area contributed by atoms with E-state index >= 15 is 0 Å². The molecular weight excluding hydrogens is 232 g/mol. The number of nitrogens with zero attached hydrogens (tertiary/aromatic N) is 1. The summed E-state index contributed by atoms with van der Waals surface area (Å²) >= 11 is 0. The molecule has 1 saturated heterocycles. The van der Waals surface area contributed by atoms with E-state index in [0.717, 1.165) is 11.3 Å². The Bertz CT molecular complexity index is 462. The summed E-state index contributed by atoms with van der Waals surface area (Å²) in [6, 6.07) is 5.21. The molecule has 2 atom stereocenters. The molecule has 2 rings (SSSR count). The number of rotatable bonds is 3. The molecule has 0 aromatic heterocycles. The van der Waals surface area contributed by atoms with Crippen molar-refractivity contribution >= 4 is 5.91 Å². The zero-order valence-corrected chi connectivity index (χ0v) is 10.8. The van der Waals surface area contributed by atoms with E-state index in [1.807, 2.05) is 12.1 Å². The van der Waals surface area contributed by atoms with Crippen LogP contribution in [0.25, 0.3) is 0 Å². The number of likely N-dealkylation sites (tertiary alicyclic amines) is 1. The highest BCUT2D eigenvalue weighted by molar-refractivity contribution is 5.80. The van der Waals surface area contributed by atoms with Crippen molar-refractivity contribution in [2.75, 3.05) is 21.3 Å². The number of amides is 1. The van der Waals surface area contributed by atoms with Crippen LogP contribution in [0.5, 0.6) is 11.5 Å². The molecule has 0 aliphatic carbocycles. The molecule has 2 unspecified atom stereocenters. The third-order valence-corrected chi connectivity index (χ3v) is 3.39. The molecule has 5 heteroatoms. The lowest BCUT2D eigenvalue weighted by molar-refractivity contribution is -0.127. The maximum Gasteiger partial charge on any atom is 0.224 e. The lowest BCUT2D eigenvalue weighted by Gasteiger charge is -2.25. The van der Waals surface area contributed by atoms with Gasteiger partial charge in [0.1, 0.15) is 11.5 Å². The molecule has 98 valence electrons. The first kappa shape index (κ1) is 12.7. The Balaban J connectivity index is 2.41. The van der Waals surface area contributed by atoms with E-state index in [9.17, 15) is 4.79 Å². The summed E-state index contributed by atoms with van der Waals surface area (Å²) in [6.45, 7) is 0. The second-order valence-corrected chi connectivity index (χ2v) is 4.43. The highest BCUT2D eigenvalue weighted by Crippen LogP contribution is 2.37. The number of methoxy groups -OCH3 is 2. The van der Waals surface area contributed by atoms with Crippen LogP contribution in [0.3, 0.4) is 0 Å². The molecule has 5 nitrogen and oxygen atoms in total. The van der Waals surface area contributed by atoms with Gasteiger partial charge in [-0.3, -0.25) is 4.79 Å². The third-order valence-electron chi connectivity index (χ3n) is 3.39. The molecule has 1 aliphatic heterocycles.